The van der Waals surface area contributed by atoms with Crippen molar-refractivity contribution in [3.63, 3.8) is 0 Å². The predicted molar refractivity (Wildman–Crippen MR) is 89.4 cm³/mol. The molecular weight excluding hydrogens is 307 g/mol. The van der Waals surface area contributed by atoms with Gasteiger partial charge in [0.15, 0.2) is 0 Å². The van der Waals surface area contributed by atoms with Gasteiger partial charge in [-0.15, -0.1) is 0 Å². The summed E-state index contributed by atoms with van der Waals surface area (Å²) < 4.78 is 13.0. The Labute approximate surface area is 140 Å². The lowest BCUT2D eigenvalue weighted by Gasteiger charge is -2.24. The van der Waals surface area contributed by atoms with Crippen LogP contribution in [0.2, 0.25) is 0 Å². The molecule has 1 amide bonds. The van der Waals surface area contributed by atoms with E-state index in [9.17, 15) is 14.3 Å². The number of aromatic nitrogens is 1. The van der Waals surface area contributed by atoms with Gasteiger partial charge >= 0.3 is 0 Å². The smallest absolute Gasteiger partial charge is 0.246 e. The first-order valence-electron chi connectivity index (χ1n) is 7.96. The molecule has 4 nitrogen and oxygen atoms in total. The number of nitrogens with zero attached hydrogens (tertiary/aromatic N) is 2. The summed E-state index contributed by atoms with van der Waals surface area (Å²) in [4.78, 5) is 18.2. The lowest BCUT2D eigenvalue weighted by Crippen LogP contribution is -2.35. The van der Waals surface area contributed by atoms with Gasteiger partial charge in [-0.25, -0.2) is 4.39 Å². The van der Waals surface area contributed by atoms with E-state index in [2.05, 4.69) is 4.98 Å². The summed E-state index contributed by atoms with van der Waals surface area (Å²) in [5.41, 5.74) is 1.45. The van der Waals surface area contributed by atoms with E-state index in [1.165, 1.54) is 18.2 Å². The van der Waals surface area contributed by atoms with Crippen molar-refractivity contribution in [3.8, 4) is 0 Å². The normalized spacial score (nSPS) is 15.4. The van der Waals surface area contributed by atoms with Crippen molar-refractivity contribution in [1.29, 1.82) is 0 Å². The molecule has 1 aliphatic rings. The second kappa shape index (κ2) is 7.36. The molecule has 1 aromatic heterocycles. The predicted octanol–water partition coefficient (Wildman–Crippen LogP) is 2.96. The number of aliphatic hydroxyl groups excluding tert-OH is 1. The van der Waals surface area contributed by atoms with E-state index in [4.69, 9.17) is 0 Å². The molecule has 1 heterocycles. The van der Waals surface area contributed by atoms with Gasteiger partial charge in [0.1, 0.15) is 5.82 Å². The van der Waals surface area contributed by atoms with Crippen LogP contribution in [-0.4, -0.2) is 33.5 Å². The number of hydrogen-bond acceptors (Lipinski definition) is 3. The molecule has 24 heavy (non-hydrogen) atoms. The minimum atomic E-state index is -0.832. The van der Waals surface area contributed by atoms with Crippen molar-refractivity contribution in [3.05, 3.63) is 71.8 Å². The van der Waals surface area contributed by atoms with Gasteiger partial charge in [-0.1, -0.05) is 18.2 Å². The van der Waals surface area contributed by atoms with Crippen LogP contribution >= 0.6 is 0 Å². The van der Waals surface area contributed by atoms with E-state index in [0.29, 0.717) is 5.56 Å². The van der Waals surface area contributed by atoms with E-state index in [1.807, 2.05) is 6.07 Å². The second-order valence-electron chi connectivity index (χ2n) is 5.91. The standard InChI is InChI=1S/C19H19FN2O2/c20-16-6-4-15(5-7-16)18(23)13-22(17-8-9-17)19(24)10-3-14-2-1-11-21-12-14/h1-7,10-12,17-18,23H,8-9,13H2/b10-3+. The van der Waals surface area contributed by atoms with Crippen molar-refractivity contribution in [2.45, 2.75) is 25.0 Å². The summed E-state index contributed by atoms with van der Waals surface area (Å²) in [6.07, 6.45) is 7.64. The summed E-state index contributed by atoms with van der Waals surface area (Å²) in [6, 6.07) is 9.55. The van der Waals surface area contributed by atoms with E-state index < -0.39 is 6.10 Å². The molecule has 0 spiro atoms. The zero-order valence-electron chi connectivity index (χ0n) is 13.2. The fraction of sp³-hybridized carbons (Fsp3) is 0.263. The highest BCUT2D eigenvalue weighted by atomic mass is 19.1. The summed E-state index contributed by atoms with van der Waals surface area (Å²) >= 11 is 0. The van der Waals surface area contributed by atoms with Crippen LogP contribution in [0.25, 0.3) is 6.08 Å². The van der Waals surface area contributed by atoms with Crippen LogP contribution in [0.15, 0.2) is 54.9 Å². The minimum Gasteiger partial charge on any atom is -0.387 e. The molecule has 1 saturated carbocycles. The van der Waals surface area contributed by atoms with Crippen LogP contribution in [0, 0.1) is 5.82 Å². The summed E-state index contributed by atoms with van der Waals surface area (Å²) in [5, 5.41) is 10.3. The SMILES string of the molecule is O=C(/C=C/c1cccnc1)N(CC(O)c1ccc(F)cc1)C1CC1. The third-order valence-electron chi connectivity index (χ3n) is 4.00. The summed E-state index contributed by atoms with van der Waals surface area (Å²) in [5.74, 6) is -0.483. The van der Waals surface area contributed by atoms with Crippen molar-refractivity contribution in [2.75, 3.05) is 6.54 Å². The van der Waals surface area contributed by atoms with Gasteiger partial charge in [0.25, 0.3) is 0 Å². The zero-order chi connectivity index (χ0) is 16.9. The number of carbonyl (C=O) groups excluding carboxylic acids is 1. The van der Waals surface area contributed by atoms with Crippen molar-refractivity contribution in [2.24, 2.45) is 0 Å². The Balaban J connectivity index is 1.67. The molecule has 124 valence electrons. The van der Waals surface area contributed by atoms with Gasteiger partial charge in [-0.2, -0.15) is 0 Å². The number of carbonyl (C=O) groups is 1. The molecule has 0 bridgehead atoms. The minimum absolute atomic E-state index is 0.137. The van der Waals surface area contributed by atoms with Crippen LogP contribution in [0.3, 0.4) is 0 Å². The highest BCUT2D eigenvalue weighted by molar-refractivity contribution is 5.92. The highest BCUT2D eigenvalue weighted by Gasteiger charge is 2.33. The fourth-order valence-electron chi connectivity index (χ4n) is 2.52. The van der Waals surface area contributed by atoms with Gasteiger partial charge in [-0.05, 0) is 48.2 Å². The maximum absolute atomic E-state index is 13.0. The van der Waals surface area contributed by atoms with Gasteiger partial charge in [0.05, 0.1) is 12.6 Å². The van der Waals surface area contributed by atoms with Crippen LogP contribution in [0.1, 0.15) is 30.1 Å². The Hall–Kier alpha value is -2.53. The monoisotopic (exact) mass is 326 g/mol. The number of aliphatic hydroxyl groups is 1. The van der Waals surface area contributed by atoms with Gasteiger partial charge in [0.2, 0.25) is 5.91 Å². The molecule has 1 aromatic carbocycles. The Morgan fingerprint density at radius 2 is 2.08 bits per heavy atom. The van der Waals surface area contributed by atoms with Crippen molar-refractivity contribution >= 4 is 12.0 Å². The van der Waals surface area contributed by atoms with Crippen molar-refractivity contribution in [1.82, 2.24) is 9.88 Å². The summed E-state index contributed by atoms with van der Waals surface area (Å²) in [7, 11) is 0. The third kappa shape index (κ3) is 4.26. The van der Waals surface area contributed by atoms with E-state index >= 15 is 0 Å². The average Bonchev–Trinajstić information content (AvgIpc) is 3.44. The molecule has 0 saturated heterocycles. The van der Waals surface area contributed by atoms with Crippen LogP contribution in [-0.2, 0) is 4.79 Å². The molecule has 0 radical (unpaired) electrons. The number of amides is 1. The highest BCUT2D eigenvalue weighted by Crippen LogP contribution is 2.29. The number of halogens is 1. The van der Waals surface area contributed by atoms with E-state index in [0.717, 1.165) is 18.4 Å². The Morgan fingerprint density at radius 1 is 1.33 bits per heavy atom. The molecule has 3 rings (SSSR count). The number of hydrogen-bond donors (Lipinski definition) is 1. The van der Waals surface area contributed by atoms with Crippen LogP contribution in [0.5, 0.6) is 0 Å². The Kier molecular flexibility index (Phi) is 5.01. The third-order valence-corrected chi connectivity index (χ3v) is 4.00. The lowest BCUT2D eigenvalue weighted by molar-refractivity contribution is -0.128. The maximum Gasteiger partial charge on any atom is 0.246 e. The number of pyridine rings is 1. The van der Waals surface area contributed by atoms with E-state index in [-0.39, 0.29) is 24.3 Å². The van der Waals surface area contributed by atoms with Crippen molar-refractivity contribution < 1.29 is 14.3 Å². The molecular formula is C19H19FN2O2. The molecule has 2 aromatic rings. The molecule has 1 fully saturated rings. The van der Waals surface area contributed by atoms with Crippen LogP contribution in [0.4, 0.5) is 4.39 Å². The molecule has 1 atom stereocenters. The summed E-state index contributed by atoms with van der Waals surface area (Å²) in [6.45, 7) is 0.201. The fourth-order valence-corrected chi connectivity index (χ4v) is 2.52. The first kappa shape index (κ1) is 16.3. The maximum atomic E-state index is 13.0. The quantitative estimate of drug-likeness (QED) is 0.831. The Bertz CT molecular complexity index is 712. The lowest BCUT2D eigenvalue weighted by atomic mass is 10.1. The van der Waals surface area contributed by atoms with E-state index in [1.54, 1.807) is 41.6 Å². The van der Waals surface area contributed by atoms with Gasteiger partial charge in [-0.3, -0.25) is 9.78 Å². The number of rotatable bonds is 6. The molecule has 1 N–H and O–H groups in total. The van der Waals surface area contributed by atoms with Gasteiger partial charge in [0, 0.05) is 24.5 Å². The first-order valence-corrected chi connectivity index (χ1v) is 7.96. The zero-order valence-corrected chi connectivity index (χ0v) is 13.2. The Morgan fingerprint density at radius 3 is 2.71 bits per heavy atom. The average molecular weight is 326 g/mol. The van der Waals surface area contributed by atoms with Crippen LogP contribution < -0.4 is 0 Å². The van der Waals surface area contributed by atoms with Gasteiger partial charge < -0.3 is 10.0 Å². The molecule has 1 aliphatic carbocycles. The largest absolute Gasteiger partial charge is 0.387 e. The second-order valence-corrected chi connectivity index (χ2v) is 5.91. The molecule has 0 aliphatic heterocycles. The topological polar surface area (TPSA) is 53.4 Å². The first-order chi connectivity index (χ1) is 11.6. The molecule has 5 heteroatoms. The molecule has 1 unspecified atom stereocenters. The number of benzene rings is 1.